The molecule has 2 heteroatoms. The molecule has 0 spiro atoms. The molecule has 0 heterocycles. The summed E-state index contributed by atoms with van der Waals surface area (Å²) in [7, 11) is 0. The highest BCUT2D eigenvalue weighted by atomic mass is 19.2. The number of hydrogen-bond acceptors (Lipinski definition) is 0. The minimum Gasteiger partial charge on any atom is -0.244 e. The van der Waals surface area contributed by atoms with Crippen molar-refractivity contribution in [3.63, 3.8) is 0 Å². The third-order valence-electron chi connectivity index (χ3n) is 1.03. The van der Waals surface area contributed by atoms with Crippen molar-refractivity contribution in [2.75, 3.05) is 0 Å². The summed E-state index contributed by atoms with van der Waals surface area (Å²) in [6.45, 7) is 0. The molecule has 0 aromatic rings. The van der Waals surface area contributed by atoms with Gasteiger partial charge in [0.15, 0.2) is 0 Å². The van der Waals surface area contributed by atoms with E-state index in [1.807, 2.05) is 0 Å². The van der Waals surface area contributed by atoms with Crippen LogP contribution in [-0.4, -0.2) is 12.3 Å². The molecular weight excluding hydrogens is 98.1 g/mol. The van der Waals surface area contributed by atoms with Crippen LogP contribution in [0.25, 0.3) is 0 Å². The standard InChI is InChI=1S/C5H6F2/c6-4-2-1-3-5(4)7/h1-2,4-5H,3H2. The molecule has 0 radical (unpaired) electrons. The molecule has 0 aromatic carbocycles. The summed E-state index contributed by atoms with van der Waals surface area (Å²) in [5, 5.41) is 0. The van der Waals surface area contributed by atoms with Gasteiger partial charge in [0.2, 0.25) is 0 Å². The van der Waals surface area contributed by atoms with Gasteiger partial charge in [-0.1, -0.05) is 12.2 Å². The fraction of sp³-hybridized carbons (Fsp3) is 0.600. The summed E-state index contributed by atoms with van der Waals surface area (Å²) in [5.74, 6) is 0. The van der Waals surface area contributed by atoms with Gasteiger partial charge in [-0.3, -0.25) is 0 Å². The van der Waals surface area contributed by atoms with Crippen molar-refractivity contribution in [3.8, 4) is 0 Å². The average molecular weight is 104 g/mol. The highest BCUT2D eigenvalue weighted by Crippen LogP contribution is 2.16. The highest BCUT2D eigenvalue weighted by molar-refractivity contribution is 5.02. The van der Waals surface area contributed by atoms with Gasteiger partial charge in [-0.05, 0) is 6.42 Å². The van der Waals surface area contributed by atoms with Crippen molar-refractivity contribution < 1.29 is 8.78 Å². The van der Waals surface area contributed by atoms with E-state index in [1.54, 1.807) is 0 Å². The molecule has 0 nitrogen and oxygen atoms in total. The molecule has 1 rings (SSSR count). The van der Waals surface area contributed by atoms with Gasteiger partial charge in [0.25, 0.3) is 0 Å². The van der Waals surface area contributed by atoms with E-state index in [-0.39, 0.29) is 6.42 Å². The Bertz CT molecular complexity index is 88.1. The van der Waals surface area contributed by atoms with Crippen LogP contribution in [-0.2, 0) is 0 Å². The van der Waals surface area contributed by atoms with Crippen LogP contribution in [0.4, 0.5) is 8.78 Å². The first-order chi connectivity index (χ1) is 3.30. The number of rotatable bonds is 0. The van der Waals surface area contributed by atoms with Crippen LogP contribution in [0.1, 0.15) is 6.42 Å². The van der Waals surface area contributed by atoms with Crippen LogP contribution < -0.4 is 0 Å². The molecule has 0 amide bonds. The summed E-state index contributed by atoms with van der Waals surface area (Å²) in [6.07, 6.45) is 0.432. The summed E-state index contributed by atoms with van der Waals surface area (Å²) in [4.78, 5) is 0. The van der Waals surface area contributed by atoms with Crippen molar-refractivity contribution in [1.29, 1.82) is 0 Å². The molecule has 7 heavy (non-hydrogen) atoms. The largest absolute Gasteiger partial charge is 0.244 e. The summed E-state index contributed by atoms with van der Waals surface area (Å²) >= 11 is 0. The second kappa shape index (κ2) is 1.60. The van der Waals surface area contributed by atoms with E-state index >= 15 is 0 Å². The highest BCUT2D eigenvalue weighted by Gasteiger charge is 2.20. The van der Waals surface area contributed by atoms with E-state index in [4.69, 9.17) is 0 Å². The Morgan fingerprint density at radius 2 is 2.14 bits per heavy atom. The molecule has 2 atom stereocenters. The van der Waals surface area contributed by atoms with Crippen LogP contribution in [0.2, 0.25) is 0 Å². The Hall–Kier alpha value is -0.400. The SMILES string of the molecule is FC1C=CCC1F. The zero-order valence-electron chi connectivity index (χ0n) is 3.77. The molecular formula is C5H6F2. The number of alkyl halides is 2. The van der Waals surface area contributed by atoms with E-state index in [2.05, 4.69) is 0 Å². The third-order valence-corrected chi connectivity index (χ3v) is 1.03. The lowest BCUT2D eigenvalue weighted by Gasteiger charge is -1.96. The zero-order valence-corrected chi connectivity index (χ0v) is 3.77. The second-order valence-corrected chi connectivity index (χ2v) is 1.62. The molecule has 0 fully saturated rings. The van der Waals surface area contributed by atoms with Gasteiger partial charge in [0.05, 0.1) is 0 Å². The van der Waals surface area contributed by atoms with Gasteiger partial charge in [-0.25, -0.2) is 8.78 Å². The summed E-state index contributed by atoms with van der Waals surface area (Å²) in [6, 6.07) is 0. The van der Waals surface area contributed by atoms with E-state index in [0.29, 0.717) is 0 Å². The van der Waals surface area contributed by atoms with Crippen molar-refractivity contribution in [1.82, 2.24) is 0 Å². The van der Waals surface area contributed by atoms with Gasteiger partial charge in [0, 0.05) is 0 Å². The van der Waals surface area contributed by atoms with Crippen molar-refractivity contribution in [2.45, 2.75) is 18.8 Å². The maximum Gasteiger partial charge on any atom is 0.150 e. The first-order valence-corrected chi connectivity index (χ1v) is 2.25. The number of hydrogen-bond donors (Lipinski definition) is 0. The Labute approximate surface area is 40.8 Å². The number of allylic oxidation sites excluding steroid dienone is 2. The van der Waals surface area contributed by atoms with Crippen molar-refractivity contribution >= 4 is 0 Å². The van der Waals surface area contributed by atoms with Gasteiger partial charge in [-0.15, -0.1) is 0 Å². The van der Waals surface area contributed by atoms with Crippen LogP contribution in [0.3, 0.4) is 0 Å². The van der Waals surface area contributed by atoms with Crippen LogP contribution in [0, 0.1) is 0 Å². The van der Waals surface area contributed by atoms with Gasteiger partial charge in [-0.2, -0.15) is 0 Å². The molecule has 2 unspecified atom stereocenters. The summed E-state index contributed by atoms with van der Waals surface area (Å²) in [5.41, 5.74) is 0. The monoisotopic (exact) mass is 104 g/mol. The molecule has 0 N–H and O–H groups in total. The van der Waals surface area contributed by atoms with E-state index in [9.17, 15) is 8.78 Å². The van der Waals surface area contributed by atoms with E-state index < -0.39 is 12.3 Å². The average Bonchev–Trinajstić information content (AvgIpc) is 1.91. The van der Waals surface area contributed by atoms with Gasteiger partial charge < -0.3 is 0 Å². The Balaban J connectivity index is 2.45. The fourth-order valence-corrected chi connectivity index (χ4v) is 0.589. The predicted octanol–water partition coefficient (Wildman–Crippen LogP) is 1.62. The van der Waals surface area contributed by atoms with E-state index in [0.717, 1.165) is 0 Å². The minimum atomic E-state index is -1.33. The number of halogens is 2. The molecule has 1 aliphatic carbocycles. The normalized spacial score (nSPS) is 39.7. The van der Waals surface area contributed by atoms with Crippen LogP contribution >= 0.6 is 0 Å². The van der Waals surface area contributed by atoms with Gasteiger partial charge in [0.1, 0.15) is 12.3 Å². The molecule has 0 aromatic heterocycles. The topological polar surface area (TPSA) is 0 Å². The van der Waals surface area contributed by atoms with Crippen LogP contribution in [0.5, 0.6) is 0 Å². The zero-order chi connectivity index (χ0) is 5.28. The smallest absolute Gasteiger partial charge is 0.150 e. The lowest BCUT2D eigenvalue weighted by molar-refractivity contribution is 0.221. The molecule has 1 aliphatic rings. The second-order valence-electron chi connectivity index (χ2n) is 1.62. The van der Waals surface area contributed by atoms with Gasteiger partial charge >= 0.3 is 0 Å². The predicted molar refractivity (Wildman–Crippen MR) is 23.5 cm³/mol. The first-order valence-electron chi connectivity index (χ1n) is 2.25. The third kappa shape index (κ3) is 0.787. The maximum absolute atomic E-state index is 11.9. The minimum absolute atomic E-state index is 0.251. The van der Waals surface area contributed by atoms with Crippen LogP contribution in [0.15, 0.2) is 12.2 Å². The van der Waals surface area contributed by atoms with Crippen molar-refractivity contribution in [3.05, 3.63) is 12.2 Å². The quantitative estimate of drug-likeness (QED) is 0.410. The molecule has 0 bridgehead atoms. The maximum atomic E-state index is 11.9. The lowest BCUT2D eigenvalue weighted by atomic mass is 10.3. The molecule has 40 valence electrons. The summed E-state index contributed by atoms with van der Waals surface area (Å²) < 4.78 is 23.7. The molecule has 0 saturated carbocycles. The lowest BCUT2D eigenvalue weighted by Crippen LogP contribution is -2.06. The Morgan fingerprint density at radius 3 is 2.29 bits per heavy atom. The molecule has 0 aliphatic heterocycles. The van der Waals surface area contributed by atoms with E-state index in [1.165, 1.54) is 12.2 Å². The van der Waals surface area contributed by atoms with Crippen molar-refractivity contribution in [2.24, 2.45) is 0 Å². The first kappa shape index (κ1) is 4.75. The fourth-order valence-electron chi connectivity index (χ4n) is 0.589. The molecule has 0 saturated heterocycles. The Kier molecular flexibility index (Phi) is 1.09. The Morgan fingerprint density at radius 1 is 1.43 bits per heavy atom.